The third-order valence-electron chi connectivity index (χ3n) is 5.63. The van der Waals surface area contributed by atoms with Gasteiger partial charge in [0.05, 0.1) is 4.90 Å². The summed E-state index contributed by atoms with van der Waals surface area (Å²) < 4.78 is 33.2. The minimum Gasteiger partial charge on any atom is -0.480 e. The summed E-state index contributed by atoms with van der Waals surface area (Å²) in [6.07, 6.45) is -1.02. The van der Waals surface area contributed by atoms with Gasteiger partial charge in [-0.2, -0.15) is 4.72 Å². The molecule has 0 fully saturated rings. The van der Waals surface area contributed by atoms with Gasteiger partial charge in [-0.25, -0.2) is 13.2 Å². The van der Waals surface area contributed by atoms with Gasteiger partial charge < -0.3 is 31.4 Å². The van der Waals surface area contributed by atoms with Crippen LogP contribution < -0.4 is 21.1 Å². The lowest BCUT2D eigenvalue weighted by Gasteiger charge is -2.16. The predicted molar refractivity (Wildman–Crippen MR) is 149 cm³/mol. The van der Waals surface area contributed by atoms with E-state index in [4.69, 9.17) is 15.7 Å². The number of rotatable bonds is 13. The number of benzene rings is 3. The molecule has 3 rings (SSSR count). The van der Waals surface area contributed by atoms with Crippen molar-refractivity contribution in [2.45, 2.75) is 30.4 Å². The van der Waals surface area contributed by atoms with Gasteiger partial charge in [0.2, 0.25) is 15.9 Å². The van der Waals surface area contributed by atoms with Crippen LogP contribution in [0.1, 0.15) is 23.1 Å². The number of nitrogens with zero attached hydrogens (tertiary/aromatic N) is 1. The van der Waals surface area contributed by atoms with Crippen molar-refractivity contribution in [2.24, 2.45) is 10.9 Å². The number of amidine groups is 1. The number of ether oxygens (including phenoxy) is 1. The molecule has 0 aliphatic heterocycles. The Labute approximate surface area is 236 Å². The van der Waals surface area contributed by atoms with E-state index in [2.05, 4.69) is 20.5 Å². The standard InChI is InChI=1S/C27H29N5O8S/c28-25(31-37)20-9-4-8-19(14-20)15-23(26(34)35)32-41(38,39)22-11-5-10-21(16-22)30-24(33)12-13-29-27(36)40-17-18-6-2-1-3-7-18/h1-11,14,16,23,32,37H,12-13,15,17H2,(H2,28,31)(H,29,36)(H,30,33)(H,34,35)/t23-/m0/s1. The van der Waals surface area contributed by atoms with E-state index < -0.39 is 34.0 Å². The Morgan fingerprint density at radius 3 is 2.37 bits per heavy atom. The first kappa shape index (κ1) is 30.6. The molecule has 0 saturated heterocycles. The molecule has 216 valence electrons. The van der Waals surface area contributed by atoms with E-state index in [1.54, 1.807) is 30.3 Å². The lowest BCUT2D eigenvalue weighted by molar-refractivity contribution is -0.138. The van der Waals surface area contributed by atoms with Crippen molar-refractivity contribution >= 4 is 39.5 Å². The molecule has 7 N–H and O–H groups in total. The number of carboxylic acid groups (broad SMARTS) is 1. The van der Waals surface area contributed by atoms with E-state index in [1.807, 2.05) is 18.2 Å². The maximum atomic E-state index is 13.0. The Morgan fingerprint density at radius 1 is 0.951 bits per heavy atom. The van der Waals surface area contributed by atoms with E-state index in [0.29, 0.717) is 11.1 Å². The van der Waals surface area contributed by atoms with Crippen LogP contribution in [0.2, 0.25) is 0 Å². The summed E-state index contributed by atoms with van der Waals surface area (Å²) >= 11 is 0. The number of nitrogens with two attached hydrogens (primary N) is 1. The number of alkyl carbamates (subject to hydrolysis) is 1. The lowest BCUT2D eigenvalue weighted by Crippen LogP contribution is -2.42. The molecule has 0 aromatic heterocycles. The highest BCUT2D eigenvalue weighted by atomic mass is 32.2. The molecule has 0 bridgehead atoms. The van der Waals surface area contributed by atoms with Crippen molar-refractivity contribution < 1.29 is 37.9 Å². The molecule has 0 heterocycles. The van der Waals surface area contributed by atoms with Gasteiger partial charge in [-0.3, -0.25) is 9.59 Å². The first-order chi connectivity index (χ1) is 19.6. The number of carbonyl (C=O) groups excluding carboxylic acids is 2. The molecule has 14 heteroatoms. The average Bonchev–Trinajstić information content (AvgIpc) is 2.96. The summed E-state index contributed by atoms with van der Waals surface area (Å²) in [5, 5.41) is 26.4. The fourth-order valence-corrected chi connectivity index (χ4v) is 4.84. The first-order valence-corrected chi connectivity index (χ1v) is 13.7. The fraction of sp³-hybridized carbons (Fsp3) is 0.185. The molecule has 3 aromatic rings. The highest BCUT2D eigenvalue weighted by molar-refractivity contribution is 7.89. The Balaban J connectivity index is 1.56. The van der Waals surface area contributed by atoms with Crippen LogP contribution in [0.4, 0.5) is 10.5 Å². The second kappa shape index (κ2) is 14.4. The smallest absolute Gasteiger partial charge is 0.407 e. The number of nitrogens with one attached hydrogen (secondary N) is 3. The van der Waals surface area contributed by atoms with E-state index in [-0.39, 0.29) is 42.4 Å². The van der Waals surface area contributed by atoms with Crippen LogP contribution in [0.15, 0.2) is 88.9 Å². The Hall–Kier alpha value is -4.95. The molecule has 0 aliphatic carbocycles. The zero-order valence-corrected chi connectivity index (χ0v) is 22.5. The third kappa shape index (κ3) is 9.63. The molecule has 0 unspecified atom stereocenters. The number of sulfonamides is 1. The van der Waals surface area contributed by atoms with Crippen molar-refractivity contribution in [3.8, 4) is 0 Å². The Kier molecular flexibility index (Phi) is 10.8. The number of aliphatic carboxylic acids is 1. The Bertz CT molecular complexity index is 1510. The number of anilines is 1. The van der Waals surface area contributed by atoms with Gasteiger partial charge in [0.15, 0.2) is 5.84 Å². The highest BCUT2D eigenvalue weighted by Gasteiger charge is 2.26. The number of carbonyl (C=O) groups is 3. The summed E-state index contributed by atoms with van der Waals surface area (Å²) in [5.41, 5.74) is 7.30. The topological polar surface area (TPSA) is 210 Å². The molecule has 13 nitrogen and oxygen atoms in total. The molecule has 0 aliphatic rings. The molecule has 41 heavy (non-hydrogen) atoms. The van der Waals surface area contributed by atoms with Crippen molar-refractivity contribution in [2.75, 3.05) is 11.9 Å². The Morgan fingerprint density at radius 2 is 1.66 bits per heavy atom. The van der Waals surface area contributed by atoms with Crippen LogP contribution in [0.3, 0.4) is 0 Å². The van der Waals surface area contributed by atoms with Crippen LogP contribution in [-0.4, -0.2) is 55.1 Å². The number of hydrogen-bond acceptors (Lipinski definition) is 8. The molecule has 0 saturated carbocycles. The summed E-state index contributed by atoms with van der Waals surface area (Å²) in [7, 11) is -4.32. The van der Waals surface area contributed by atoms with Gasteiger partial charge in [-0.15, -0.1) is 0 Å². The summed E-state index contributed by atoms with van der Waals surface area (Å²) in [6.45, 7) is 0.0623. The van der Waals surface area contributed by atoms with Crippen molar-refractivity contribution in [1.82, 2.24) is 10.0 Å². The molecule has 2 amide bonds. The third-order valence-corrected chi connectivity index (χ3v) is 7.10. The zero-order chi connectivity index (χ0) is 29.8. The van der Waals surface area contributed by atoms with Crippen molar-refractivity contribution in [1.29, 1.82) is 0 Å². The summed E-state index contributed by atoms with van der Waals surface area (Å²) in [5.74, 6) is -2.09. The number of oxime groups is 1. The van der Waals surface area contributed by atoms with Crippen LogP contribution >= 0.6 is 0 Å². The van der Waals surface area contributed by atoms with E-state index in [1.165, 1.54) is 30.3 Å². The average molecular weight is 584 g/mol. The number of carboxylic acids is 1. The van der Waals surface area contributed by atoms with E-state index in [0.717, 1.165) is 5.56 Å². The van der Waals surface area contributed by atoms with Crippen molar-refractivity contribution in [3.63, 3.8) is 0 Å². The van der Waals surface area contributed by atoms with Gasteiger partial charge >= 0.3 is 12.1 Å². The number of hydrogen-bond donors (Lipinski definition) is 6. The van der Waals surface area contributed by atoms with E-state index >= 15 is 0 Å². The van der Waals surface area contributed by atoms with Crippen molar-refractivity contribution in [3.05, 3.63) is 95.6 Å². The van der Waals surface area contributed by atoms with E-state index in [9.17, 15) is 27.9 Å². The maximum absolute atomic E-state index is 13.0. The zero-order valence-electron chi connectivity index (χ0n) is 21.7. The summed E-state index contributed by atoms with van der Waals surface area (Å²) in [6, 6.07) is 19.0. The largest absolute Gasteiger partial charge is 0.480 e. The number of amides is 2. The highest BCUT2D eigenvalue weighted by Crippen LogP contribution is 2.17. The second-order valence-electron chi connectivity index (χ2n) is 8.72. The minimum atomic E-state index is -4.32. The monoisotopic (exact) mass is 583 g/mol. The van der Waals surface area contributed by atoms with Gasteiger partial charge in [0.25, 0.3) is 0 Å². The van der Waals surface area contributed by atoms with Crippen LogP contribution in [-0.2, 0) is 37.4 Å². The second-order valence-corrected chi connectivity index (χ2v) is 10.4. The summed E-state index contributed by atoms with van der Waals surface area (Å²) in [4.78, 5) is 35.7. The van der Waals surface area contributed by atoms with Crippen LogP contribution in [0.5, 0.6) is 0 Å². The van der Waals surface area contributed by atoms with Gasteiger partial charge in [-0.05, 0) is 41.8 Å². The van der Waals surface area contributed by atoms with Gasteiger partial charge in [0.1, 0.15) is 12.6 Å². The van der Waals surface area contributed by atoms with Gasteiger partial charge in [-0.1, -0.05) is 59.8 Å². The fourth-order valence-electron chi connectivity index (χ4n) is 3.60. The quantitative estimate of drug-likeness (QED) is 0.0751. The van der Waals surface area contributed by atoms with Crippen LogP contribution in [0.25, 0.3) is 0 Å². The molecular weight excluding hydrogens is 554 g/mol. The maximum Gasteiger partial charge on any atom is 0.407 e. The molecule has 0 radical (unpaired) electrons. The molecule has 3 aromatic carbocycles. The normalized spacial score (nSPS) is 12.2. The SMILES string of the molecule is N/C(=N/O)c1cccc(C[C@H](NS(=O)(=O)c2cccc(NC(=O)CCNC(=O)OCc3ccccc3)c2)C(=O)O)c1. The molecule has 0 spiro atoms. The van der Waals surface area contributed by atoms with Crippen LogP contribution in [0, 0.1) is 0 Å². The predicted octanol–water partition coefficient (Wildman–Crippen LogP) is 2.01. The van der Waals surface area contributed by atoms with Gasteiger partial charge in [0, 0.05) is 24.2 Å². The molecular formula is C27H29N5O8S. The lowest BCUT2D eigenvalue weighted by atomic mass is 10.0. The first-order valence-electron chi connectivity index (χ1n) is 12.2. The molecule has 1 atom stereocenters. The minimum absolute atomic E-state index is 0.0176.